The molecule has 0 aliphatic carbocycles. The molecule has 0 spiro atoms. The highest BCUT2D eigenvalue weighted by atomic mass is 16.5. The summed E-state index contributed by atoms with van der Waals surface area (Å²) in [5.41, 5.74) is 3.36. The van der Waals surface area contributed by atoms with Crippen molar-refractivity contribution in [1.82, 2.24) is 15.1 Å². The van der Waals surface area contributed by atoms with E-state index in [-0.39, 0.29) is 5.91 Å². The van der Waals surface area contributed by atoms with Crippen molar-refractivity contribution in [3.8, 4) is 0 Å². The van der Waals surface area contributed by atoms with Gasteiger partial charge in [0, 0.05) is 44.0 Å². The van der Waals surface area contributed by atoms with Crippen molar-refractivity contribution in [3.63, 3.8) is 0 Å². The maximum Gasteiger partial charge on any atom is 0.337 e. The molecule has 1 heterocycles. The lowest BCUT2D eigenvalue weighted by molar-refractivity contribution is -0.135. The van der Waals surface area contributed by atoms with E-state index in [0.717, 1.165) is 38.3 Å². The Kier molecular flexibility index (Phi) is 8.36. The Bertz CT molecular complexity index is 797. The molecule has 1 fully saturated rings. The molecule has 6 nitrogen and oxygen atoms in total. The van der Waals surface area contributed by atoms with Gasteiger partial charge in [0.05, 0.1) is 12.7 Å². The Labute approximate surface area is 173 Å². The number of carbonyl (C=O) groups excluding carboxylic acids is 2. The first kappa shape index (κ1) is 22.6. The van der Waals surface area contributed by atoms with Gasteiger partial charge in [-0.05, 0) is 50.7 Å². The molecule has 0 unspecified atom stereocenters. The minimum atomic E-state index is -0.452. The second kappa shape index (κ2) is 10.7. The summed E-state index contributed by atoms with van der Waals surface area (Å²) in [5.74, 6) is -0.702. The molecule has 1 N–H and O–H groups in total. The highest BCUT2D eigenvalue weighted by Gasteiger charge is 2.15. The highest BCUT2D eigenvalue weighted by Crippen LogP contribution is 2.12. The van der Waals surface area contributed by atoms with Gasteiger partial charge in [-0.1, -0.05) is 24.3 Å². The normalized spacial score (nSPS) is 15.5. The summed E-state index contributed by atoms with van der Waals surface area (Å²) < 4.78 is 4.80. The van der Waals surface area contributed by atoms with Crippen LogP contribution in [-0.4, -0.2) is 62.0 Å². The van der Waals surface area contributed by atoms with Crippen molar-refractivity contribution in [2.24, 2.45) is 0 Å². The zero-order chi connectivity index (χ0) is 21.4. The number of carbonyl (C=O) groups is 2. The second-order valence-electron chi connectivity index (χ2n) is 7.44. The number of ether oxygens (including phenoxy) is 1. The molecule has 0 radical (unpaired) electrons. The van der Waals surface area contributed by atoms with Crippen LogP contribution in [0.5, 0.6) is 0 Å². The predicted octanol–water partition coefficient (Wildman–Crippen LogP) is 2.74. The van der Waals surface area contributed by atoms with Crippen LogP contribution in [0.1, 0.15) is 29.8 Å². The number of piperazine rings is 1. The molecule has 0 atom stereocenters. The monoisotopic (exact) mass is 397 g/mol. The van der Waals surface area contributed by atoms with Crippen LogP contribution < -0.4 is 5.32 Å². The molecule has 0 aromatic heterocycles. The minimum Gasteiger partial charge on any atom is -0.465 e. The first-order valence-corrected chi connectivity index (χ1v) is 9.75. The largest absolute Gasteiger partial charge is 0.465 e. The van der Waals surface area contributed by atoms with Crippen molar-refractivity contribution in [3.05, 3.63) is 71.0 Å². The fourth-order valence-electron chi connectivity index (χ4n) is 3.05. The molecule has 1 saturated heterocycles. The molecule has 0 bridgehead atoms. The van der Waals surface area contributed by atoms with E-state index >= 15 is 0 Å². The number of hydrogen-bond acceptors (Lipinski definition) is 5. The summed E-state index contributed by atoms with van der Waals surface area (Å²) >= 11 is 0. The fourth-order valence-corrected chi connectivity index (χ4v) is 3.05. The first-order valence-electron chi connectivity index (χ1n) is 9.75. The molecule has 29 heavy (non-hydrogen) atoms. The van der Waals surface area contributed by atoms with E-state index in [4.69, 9.17) is 4.74 Å². The van der Waals surface area contributed by atoms with Gasteiger partial charge in [0.1, 0.15) is 0 Å². The number of likely N-dealkylation sites (N-methyl/N-ethyl adjacent to an activating group) is 1. The predicted molar refractivity (Wildman–Crippen MR) is 115 cm³/mol. The van der Waals surface area contributed by atoms with Gasteiger partial charge in [-0.25, -0.2) is 4.79 Å². The smallest absolute Gasteiger partial charge is 0.337 e. The van der Waals surface area contributed by atoms with E-state index in [2.05, 4.69) is 28.7 Å². The Morgan fingerprint density at radius 2 is 1.76 bits per heavy atom. The lowest BCUT2D eigenvalue weighted by atomic mass is 10.1. The quantitative estimate of drug-likeness (QED) is 0.436. The Balaban J connectivity index is 2.03. The first-order chi connectivity index (χ1) is 13.8. The molecule has 6 heteroatoms. The van der Waals surface area contributed by atoms with E-state index in [1.54, 1.807) is 6.08 Å². The number of hydrogen-bond donors (Lipinski definition) is 1. The molecule has 1 aromatic rings. The van der Waals surface area contributed by atoms with Gasteiger partial charge in [-0.3, -0.25) is 9.69 Å². The van der Waals surface area contributed by atoms with Gasteiger partial charge in [-0.15, -0.1) is 0 Å². The maximum atomic E-state index is 12.6. The lowest BCUT2D eigenvalue weighted by Crippen LogP contribution is -2.43. The molecule has 156 valence electrons. The third-order valence-electron chi connectivity index (χ3n) is 4.94. The van der Waals surface area contributed by atoms with Gasteiger partial charge in [0.2, 0.25) is 0 Å². The number of esters is 1. The number of nitrogens with one attached hydrogen (secondary N) is 1. The molecule has 2 rings (SSSR count). The molecular formula is C23H31N3O3. The van der Waals surface area contributed by atoms with Gasteiger partial charge >= 0.3 is 5.97 Å². The van der Waals surface area contributed by atoms with Crippen LogP contribution in [0.15, 0.2) is 59.8 Å². The summed E-state index contributed by atoms with van der Waals surface area (Å²) in [6.07, 6.45) is 3.08. The summed E-state index contributed by atoms with van der Waals surface area (Å²) in [4.78, 5) is 29.2. The van der Waals surface area contributed by atoms with E-state index < -0.39 is 5.97 Å². The Morgan fingerprint density at radius 1 is 1.14 bits per heavy atom. The van der Waals surface area contributed by atoms with Crippen LogP contribution in [-0.2, 0) is 16.1 Å². The van der Waals surface area contributed by atoms with Gasteiger partial charge < -0.3 is 15.0 Å². The van der Waals surface area contributed by atoms with Crippen LogP contribution >= 0.6 is 0 Å². The molecule has 1 aliphatic rings. The van der Waals surface area contributed by atoms with E-state index in [0.29, 0.717) is 16.8 Å². The van der Waals surface area contributed by atoms with Gasteiger partial charge in [0.15, 0.2) is 0 Å². The van der Waals surface area contributed by atoms with Crippen molar-refractivity contribution in [1.29, 1.82) is 0 Å². The van der Waals surface area contributed by atoms with Gasteiger partial charge in [-0.2, -0.15) is 0 Å². The highest BCUT2D eigenvalue weighted by molar-refractivity contribution is 5.96. The van der Waals surface area contributed by atoms with E-state index in [9.17, 15) is 9.59 Å². The summed E-state index contributed by atoms with van der Waals surface area (Å²) in [7, 11) is 3.47. The van der Waals surface area contributed by atoms with Crippen molar-refractivity contribution >= 4 is 11.9 Å². The SMILES string of the molecule is C=CC(=CC(C(=O)OC)=C(C)C)NC(=O)c1ccc(CN2CCN(C)CC2)cc1. The van der Waals surface area contributed by atoms with E-state index in [1.165, 1.54) is 18.7 Å². The third kappa shape index (κ3) is 6.69. The summed E-state index contributed by atoms with van der Waals surface area (Å²) in [6.45, 7) is 12.5. The number of nitrogens with zero attached hydrogens (tertiary/aromatic N) is 2. The number of rotatable bonds is 7. The second-order valence-corrected chi connectivity index (χ2v) is 7.44. The summed E-state index contributed by atoms with van der Waals surface area (Å²) in [5, 5.41) is 2.80. The van der Waals surface area contributed by atoms with Crippen LogP contribution in [0.3, 0.4) is 0 Å². The van der Waals surface area contributed by atoms with Crippen molar-refractivity contribution < 1.29 is 14.3 Å². The zero-order valence-corrected chi connectivity index (χ0v) is 17.8. The third-order valence-corrected chi connectivity index (χ3v) is 4.94. The maximum absolute atomic E-state index is 12.6. The zero-order valence-electron chi connectivity index (χ0n) is 17.8. The van der Waals surface area contributed by atoms with Crippen LogP contribution in [0.25, 0.3) is 0 Å². The average molecular weight is 398 g/mol. The van der Waals surface area contributed by atoms with Crippen molar-refractivity contribution in [2.75, 3.05) is 40.3 Å². The van der Waals surface area contributed by atoms with Crippen LogP contribution in [0.2, 0.25) is 0 Å². The standard InChI is InChI=1S/C23H31N3O3/c1-6-20(15-21(17(2)3)23(28)29-5)24-22(27)19-9-7-18(8-10-19)16-26-13-11-25(4)12-14-26/h6-10,15H,1,11-14,16H2,2-5H3,(H,24,27). The molecule has 0 saturated carbocycles. The summed E-state index contributed by atoms with van der Waals surface area (Å²) in [6, 6.07) is 7.62. The number of amides is 1. The van der Waals surface area contributed by atoms with Gasteiger partial charge in [0.25, 0.3) is 5.91 Å². The van der Waals surface area contributed by atoms with Crippen LogP contribution in [0.4, 0.5) is 0 Å². The minimum absolute atomic E-state index is 0.250. The number of benzene rings is 1. The molecule has 1 amide bonds. The fraction of sp³-hybridized carbons (Fsp3) is 0.391. The average Bonchev–Trinajstić information content (AvgIpc) is 2.72. The molecule has 1 aliphatic heterocycles. The molecule has 1 aromatic carbocycles. The van der Waals surface area contributed by atoms with Crippen LogP contribution in [0, 0.1) is 0 Å². The Morgan fingerprint density at radius 3 is 2.28 bits per heavy atom. The number of allylic oxidation sites excluding steroid dienone is 2. The topological polar surface area (TPSA) is 61.9 Å². The lowest BCUT2D eigenvalue weighted by Gasteiger charge is -2.32. The van der Waals surface area contributed by atoms with Crippen molar-refractivity contribution in [2.45, 2.75) is 20.4 Å². The van der Waals surface area contributed by atoms with E-state index in [1.807, 2.05) is 38.1 Å². The number of methoxy groups -OCH3 is 1. The Hall–Kier alpha value is -2.70. The molecular weight excluding hydrogens is 366 g/mol.